The van der Waals surface area contributed by atoms with E-state index in [-0.39, 0.29) is 68.0 Å². The van der Waals surface area contributed by atoms with Gasteiger partial charge in [0.05, 0.1) is 12.6 Å². The van der Waals surface area contributed by atoms with E-state index in [1.165, 1.54) is 0 Å². The number of aliphatic imine (C=N–C) groups is 1. The van der Waals surface area contributed by atoms with E-state index in [0.29, 0.717) is 32.4 Å². The van der Waals surface area contributed by atoms with Crippen LogP contribution >= 0.6 is 12.6 Å². The fraction of sp³-hybridized carbons (Fsp3) is 0.759. The van der Waals surface area contributed by atoms with Gasteiger partial charge in [0.1, 0.15) is 24.2 Å². The van der Waals surface area contributed by atoms with E-state index in [1.807, 2.05) is 32.6 Å². The third-order valence-corrected chi connectivity index (χ3v) is 8.68. The van der Waals surface area contributed by atoms with Crippen LogP contribution in [0, 0.1) is 11.8 Å². The number of cyclic esters (lactones) is 1. The van der Waals surface area contributed by atoms with Gasteiger partial charge in [-0.15, -0.1) is 0 Å². The summed E-state index contributed by atoms with van der Waals surface area (Å²) in [4.78, 5) is 86.5. The summed E-state index contributed by atoms with van der Waals surface area (Å²) in [5.41, 5.74) is 10.8. The van der Waals surface area contributed by atoms with Crippen LogP contribution in [0.2, 0.25) is 0 Å². The normalized spacial score (nSPS) is 22.4. The monoisotopic (exact) mass is 667 g/mol. The van der Waals surface area contributed by atoms with Crippen molar-refractivity contribution in [2.75, 3.05) is 45.1 Å². The highest BCUT2D eigenvalue weighted by Gasteiger charge is 2.46. The zero-order valence-electron chi connectivity index (χ0n) is 27.1. The number of imide groups is 1. The summed E-state index contributed by atoms with van der Waals surface area (Å²) < 4.78 is 4.95. The van der Waals surface area contributed by atoms with Crippen molar-refractivity contribution >= 4 is 54.2 Å². The van der Waals surface area contributed by atoms with Gasteiger partial charge in [0, 0.05) is 44.9 Å². The van der Waals surface area contributed by atoms with E-state index >= 15 is 0 Å². The number of urea groups is 1. The van der Waals surface area contributed by atoms with Crippen molar-refractivity contribution in [3.63, 3.8) is 0 Å². The van der Waals surface area contributed by atoms with Gasteiger partial charge in [-0.1, -0.05) is 27.7 Å². The van der Waals surface area contributed by atoms with Crippen LogP contribution in [0.4, 0.5) is 4.79 Å². The molecule has 258 valence electrons. The summed E-state index contributed by atoms with van der Waals surface area (Å²) in [7, 11) is 0. The fourth-order valence-electron chi connectivity index (χ4n) is 5.80. The molecular formula is C29H49N9O7S. The number of thiol groups is 1. The molecule has 3 heterocycles. The van der Waals surface area contributed by atoms with Gasteiger partial charge in [-0.3, -0.25) is 29.1 Å². The van der Waals surface area contributed by atoms with Crippen LogP contribution < -0.4 is 27.4 Å². The molecule has 3 fully saturated rings. The quantitative estimate of drug-likeness (QED) is 0.0293. The zero-order chi connectivity index (χ0) is 34.1. The first kappa shape index (κ1) is 36.9. The highest BCUT2D eigenvalue weighted by molar-refractivity contribution is 7.80. The summed E-state index contributed by atoms with van der Waals surface area (Å²) >= 11 is 4.29. The molecule has 7 N–H and O–H groups in total. The third kappa shape index (κ3) is 9.47. The number of guanidine groups is 1. The lowest BCUT2D eigenvalue weighted by atomic mass is 9.99. The maximum Gasteiger partial charge on any atom is 0.328 e. The van der Waals surface area contributed by atoms with Crippen LogP contribution in [-0.2, 0) is 28.7 Å². The lowest BCUT2D eigenvalue weighted by molar-refractivity contribution is -0.143. The van der Waals surface area contributed by atoms with Crippen molar-refractivity contribution < 1.29 is 33.5 Å². The first-order valence-electron chi connectivity index (χ1n) is 15.8. The van der Waals surface area contributed by atoms with E-state index in [2.05, 4.69) is 33.6 Å². The van der Waals surface area contributed by atoms with Crippen molar-refractivity contribution in [2.24, 2.45) is 28.3 Å². The smallest absolute Gasteiger partial charge is 0.328 e. The van der Waals surface area contributed by atoms with Crippen LogP contribution in [0.25, 0.3) is 0 Å². The molecule has 3 aliphatic heterocycles. The lowest BCUT2D eigenvalue weighted by Gasteiger charge is -2.41. The molecule has 0 aliphatic carbocycles. The second-order valence-corrected chi connectivity index (χ2v) is 13.0. The van der Waals surface area contributed by atoms with Crippen LogP contribution in [0.5, 0.6) is 0 Å². The molecule has 16 nitrogen and oxygen atoms in total. The van der Waals surface area contributed by atoms with E-state index in [1.54, 1.807) is 4.90 Å². The molecule has 5 atom stereocenters. The van der Waals surface area contributed by atoms with Gasteiger partial charge in [-0.2, -0.15) is 12.6 Å². The van der Waals surface area contributed by atoms with Crippen LogP contribution in [0.1, 0.15) is 53.4 Å². The number of hydrogen-bond donors (Lipinski definition) is 6. The van der Waals surface area contributed by atoms with E-state index in [0.717, 1.165) is 4.90 Å². The summed E-state index contributed by atoms with van der Waals surface area (Å²) in [5.74, 6) is -2.28. The topological polar surface area (TPSA) is 222 Å². The molecule has 3 rings (SSSR count). The molecule has 0 radical (unpaired) electrons. The summed E-state index contributed by atoms with van der Waals surface area (Å²) in [6.45, 7) is 9.36. The van der Waals surface area contributed by atoms with Crippen LogP contribution in [0.15, 0.2) is 4.99 Å². The standard InChI is InChI=1S/C29H49N9O7S/c1-16(2)14-20(24(40)33-18(6-5-8-32-28(30)31)23(39)34-19-7-13-45-27(19)43)36-9-11-37(12-10-36)25(41)21(15-46)38-26(42)22(17(3)4)35-29(38)44/h16-22,46H,5-15H2,1-4H3,(H,33,40)(H,34,39)(H,35,44)(H4,30,31,32)/t18-,19?,20?,21?,22?/m0/s1. The minimum atomic E-state index is -1.05. The number of carbonyl (C=O) groups excluding carboxylic acids is 6. The molecule has 4 unspecified atom stereocenters. The summed E-state index contributed by atoms with van der Waals surface area (Å²) in [6, 6.07) is -4.66. The van der Waals surface area contributed by atoms with Crippen LogP contribution in [-0.4, -0.2) is 132 Å². The Morgan fingerprint density at radius 2 is 1.72 bits per heavy atom. The van der Waals surface area contributed by atoms with Gasteiger partial charge in [-0.25, -0.2) is 14.5 Å². The number of piperazine rings is 1. The summed E-state index contributed by atoms with van der Waals surface area (Å²) in [5, 5.41) is 8.22. The highest BCUT2D eigenvalue weighted by Crippen LogP contribution is 2.21. The van der Waals surface area contributed by atoms with E-state index in [9.17, 15) is 28.8 Å². The summed E-state index contributed by atoms with van der Waals surface area (Å²) in [6.07, 6.45) is 1.48. The van der Waals surface area contributed by atoms with Gasteiger partial charge in [0.25, 0.3) is 5.91 Å². The molecule has 6 amide bonds. The Kier molecular flexibility index (Phi) is 13.5. The van der Waals surface area contributed by atoms with Gasteiger partial charge in [0.15, 0.2) is 5.96 Å². The Hall–Kier alpha value is -3.60. The minimum Gasteiger partial charge on any atom is -0.464 e. The Balaban J connectivity index is 1.68. The number of ether oxygens (including phenoxy) is 1. The zero-order valence-corrected chi connectivity index (χ0v) is 28.0. The number of amides is 6. The maximum absolute atomic E-state index is 13.8. The van der Waals surface area contributed by atoms with Crippen molar-refractivity contribution in [1.29, 1.82) is 0 Å². The average Bonchev–Trinajstić information content (AvgIpc) is 3.54. The number of hydrogen-bond acceptors (Lipinski definition) is 10. The number of nitrogens with one attached hydrogen (secondary N) is 3. The predicted molar refractivity (Wildman–Crippen MR) is 172 cm³/mol. The van der Waals surface area contributed by atoms with Crippen molar-refractivity contribution in [1.82, 2.24) is 30.7 Å². The Labute approximate surface area is 275 Å². The Morgan fingerprint density at radius 1 is 1.04 bits per heavy atom. The second kappa shape index (κ2) is 16.8. The van der Waals surface area contributed by atoms with Crippen molar-refractivity contribution in [3.05, 3.63) is 0 Å². The molecular weight excluding hydrogens is 618 g/mol. The third-order valence-electron chi connectivity index (χ3n) is 8.33. The molecule has 0 spiro atoms. The largest absolute Gasteiger partial charge is 0.464 e. The maximum atomic E-state index is 13.8. The SMILES string of the molecule is CC(C)CC(C(=O)N[C@@H](CCCN=C(N)N)C(=O)NC1CCOC1=O)N1CCN(C(=O)C(CS)N2C(=O)NC(C(C)C)C2=O)CC1. The van der Waals surface area contributed by atoms with Gasteiger partial charge < -0.3 is 37.1 Å². The molecule has 0 saturated carbocycles. The number of esters is 1. The first-order valence-corrected chi connectivity index (χ1v) is 16.5. The molecule has 3 aliphatic rings. The van der Waals surface area contributed by atoms with Crippen molar-refractivity contribution in [3.8, 4) is 0 Å². The number of carbonyl (C=O) groups is 6. The average molecular weight is 668 g/mol. The lowest BCUT2D eigenvalue weighted by Crippen LogP contribution is -2.61. The molecule has 46 heavy (non-hydrogen) atoms. The van der Waals surface area contributed by atoms with Crippen molar-refractivity contribution in [2.45, 2.75) is 83.6 Å². The highest BCUT2D eigenvalue weighted by atomic mass is 32.1. The van der Waals surface area contributed by atoms with Gasteiger partial charge in [-0.05, 0) is 31.1 Å². The molecule has 0 aromatic heterocycles. The first-order chi connectivity index (χ1) is 21.7. The van der Waals surface area contributed by atoms with E-state index < -0.39 is 54.0 Å². The Morgan fingerprint density at radius 3 is 2.24 bits per heavy atom. The predicted octanol–water partition coefficient (Wildman–Crippen LogP) is -1.61. The van der Waals surface area contributed by atoms with Crippen LogP contribution in [0.3, 0.4) is 0 Å². The molecule has 0 bridgehead atoms. The Bertz CT molecular complexity index is 1170. The van der Waals surface area contributed by atoms with Gasteiger partial charge in [0.2, 0.25) is 17.7 Å². The van der Waals surface area contributed by atoms with E-state index in [4.69, 9.17) is 16.2 Å². The molecule has 0 aromatic rings. The fourth-order valence-corrected chi connectivity index (χ4v) is 6.12. The number of rotatable bonds is 15. The molecule has 3 saturated heterocycles. The molecule has 0 aromatic carbocycles. The molecule has 17 heteroatoms. The second-order valence-electron chi connectivity index (χ2n) is 12.6. The number of nitrogens with zero attached hydrogens (tertiary/aromatic N) is 4. The minimum absolute atomic E-state index is 0.0212. The number of nitrogens with two attached hydrogens (primary N) is 2. The van der Waals surface area contributed by atoms with Gasteiger partial charge >= 0.3 is 12.0 Å².